The number of carbonyl (C=O) groups is 2. The summed E-state index contributed by atoms with van der Waals surface area (Å²) in [5.74, 6) is -0.549. The lowest BCUT2D eigenvalue weighted by Gasteiger charge is -2.09. The molecular formula is C16H15ClN2O4S. The van der Waals surface area contributed by atoms with Gasteiger partial charge < -0.3 is 10.6 Å². The molecule has 0 saturated heterocycles. The number of amides is 2. The molecule has 0 aliphatic rings. The maximum atomic E-state index is 12.6. The maximum Gasteiger partial charge on any atom is 0.221 e. The largest absolute Gasteiger partial charge is 0.326 e. The van der Waals surface area contributed by atoms with Crippen LogP contribution in [0.2, 0.25) is 5.02 Å². The Morgan fingerprint density at radius 2 is 1.42 bits per heavy atom. The van der Waals surface area contributed by atoms with Gasteiger partial charge in [0.05, 0.1) is 20.5 Å². The summed E-state index contributed by atoms with van der Waals surface area (Å²) in [5.41, 5.74) is 0.838. The molecule has 0 unspecified atom stereocenters. The van der Waals surface area contributed by atoms with Crippen LogP contribution in [-0.4, -0.2) is 20.2 Å². The molecule has 0 aliphatic carbocycles. The minimum Gasteiger partial charge on any atom is -0.326 e. The van der Waals surface area contributed by atoms with Gasteiger partial charge in [0.1, 0.15) is 0 Å². The molecule has 2 N–H and O–H groups in total. The Balaban J connectivity index is 2.34. The zero-order chi connectivity index (χ0) is 17.9. The van der Waals surface area contributed by atoms with E-state index in [1.807, 2.05) is 0 Å². The number of hydrogen-bond donors (Lipinski definition) is 2. The van der Waals surface area contributed by atoms with Crippen LogP contribution in [0.4, 0.5) is 11.4 Å². The third-order valence-corrected chi connectivity index (χ3v) is 5.13. The average molecular weight is 367 g/mol. The summed E-state index contributed by atoms with van der Waals surface area (Å²) in [7, 11) is -3.76. The summed E-state index contributed by atoms with van der Waals surface area (Å²) in [5, 5.41) is 5.20. The van der Waals surface area contributed by atoms with Gasteiger partial charge in [0, 0.05) is 19.5 Å². The van der Waals surface area contributed by atoms with E-state index in [1.165, 1.54) is 56.3 Å². The second-order valence-electron chi connectivity index (χ2n) is 5.03. The smallest absolute Gasteiger partial charge is 0.221 e. The average Bonchev–Trinajstić information content (AvgIpc) is 2.48. The number of sulfone groups is 1. The van der Waals surface area contributed by atoms with Crippen LogP contribution in [0.3, 0.4) is 0 Å². The van der Waals surface area contributed by atoms with E-state index in [9.17, 15) is 18.0 Å². The number of anilines is 2. The summed E-state index contributed by atoms with van der Waals surface area (Å²) in [4.78, 5) is 22.1. The predicted molar refractivity (Wildman–Crippen MR) is 92.0 cm³/mol. The van der Waals surface area contributed by atoms with Crippen molar-refractivity contribution in [2.24, 2.45) is 0 Å². The molecule has 2 aromatic carbocycles. The third kappa shape index (κ3) is 4.12. The molecule has 0 saturated carbocycles. The van der Waals surface area contributed by atoms with Crippen LogP contribution in [0.25, 0.3) is 0 Å². The van der Waals surface area contributed by atoms with Gasteiger partial charge in [-0.1, -0.05) is 11.6 Å². The fraction of sp³-hybridized carbons (Fsp3) is 0.125. The van der Waals surface area contributed by atoms with Gasteiger partial charge in [-0.3, -0.25) is 9.59 Å². The van der Waals surface area contributed by atoms with Crippen LogP contribution < -0.4 is 10.6 Å². The van der Waals surface area contributed by atoms with E-state index in [-0.39, 0.29) is 26.6 Å². The van der Waals surface area contributed by atoms with Gasteiger partial charge in [-0.2, -0.15) is 0 Å². The molecule has 2 aromatic rings. The van der Waals surface area contributed by atoms with E-state index < -0.39 is 9.84 Å². The highest BCUT2D eigenvalue weighted by molar-refractivity contribution is 7.91. The van der Waals surface area contributed by atoms with Gasteiger partial charge in [0.25, 0.3) is 0 Å². The first-order chi connectivity index (χ1) is 11.2. The van der Waals surface area contributed by atoms with Crippen LogP contribution in [-0.2, 0) is 19.4 Å². The van der Waals surface area contributed by atoms with Crippen molar-refractivity contribution >= 4 is 44.6 Å². The summed E-state index contributed by atoms with van der Waals surface area (Å²) in [6, 6.07) is 9.88. The van der Waals surface area contributed by atoms with Gasteiger partial charge in [-0.25, -0.2) is 8.42 Å². The summed E-state index contributed by atoms with van der Waals surface area (Å²) >= 11 is 6.02. The number of nitrogens with one attached hydrogen (secondary N) is 2. The van der Waals surface area contributed by atoms with E-state index in [0.717, 1.165) is 0 Å². The molecule has 126 valence electrons. The van der Waals surface area contributed by atoms with Crippen LogP contribution in [0, 0.1) is 0 Å². The Bertz CT molecular complexity index is 893. The molecule has 8 heteroatoms. The van der Waals surface area contributed by atoms with Crippen LogP contribution in [0.5, 0.6) is 0 Å². The molecule has 0 aromatic heterocycles. The topological polar surface area (TPSA) is 92.3 Å². The van der Waals surface area contributed by atoms with E-state index in [4.69, 9.17) is 11.6 Å². The van der Waals surface area contributed by atoms with Crippen molar-refractivity contribution < 1.29 is 18.0 Å². The van der Waals surface area contributed by atoms with Gasteiger partial charge in [0.2, 0.25) is 21.7 Å². The van der Waals surface area contributed by atoms with Crippen molar-refractivity contribution in [2.75, 3.05) is 10.6 Å². The van der Waals surface area contributed by atoms with E-state index >= 15 is 0 Å². The van der Waals surface area contributed by atoms with Crippen molar-refractivity contribution in [2.45, 2.75) is 23.6 Å². The minimum atomic E-state index is -3.76. The zero-order valence-electron chi connectivity index (χ0n) is 13.0. The third-order valence-electron chi connectivity index (χ3n) is 3.05. The maximum absolute atomic E-state index is 12.6. The molecule has 0 spiro atoms. The minimum absolute atomic E-state index is 0.00822. The SMILES string of the molecule is CC(=O)Nc1ccc(S(=O)(=O)c2ccc(NC(C)=O)c(Cl)c2)cc1. The Morgan fingerprint density at radius 1 is 0.875 bits per heavy atom. The number of carbonyl (C=O) groups excluding carboxylic acids is 2. The van der Waals surface area contributed by atoms with Gasteiger partial charge in [-0.05, 0) is 42.5 Å². The standard InChI is InChI=1S/C16H15ClN2O4S/c1-10(20)18-12-3-5-13(6-4-12)24(22,23)14-7-8-16(15(17)9-14)19-11(2)21/h3-9H,1-2H3,(H,18,20)(H,19,21). The van der Waals surface area contributed by atoms with Crippen LogP contribution in [0.1, 0.15) is 13.8 Å². The Hall–Kier alpha value is -2.38. The lowest BCUT2D eigenvalue weighted by Crippen LogP contribution is -2.08. The molecule has 0 bridgehead atoms. The first-order valence-corrected chi connectivity index (χ1v) is 8.76. The lowest BCUT2D eigenvalue weighted by molar-refractivity contribution is -0.115. The van der Waals surface area contributed by atoms with Crippen molar-refractivity contribution in [1.29, 1.82) is 0 Å². The first-order valence-electron chi connectivity index (χ1n) is 6.90. The second-order valence-corrected chi connectivity index (χ2v) is 7.39. The highest BCUT2D eigenvalue weighted by atomic mass is 35.5. The molecule has 6 nitrogen and oxygen atoms in total. The molecular weight excluding hydrogens is 352 g/mol. The molecule has 2 rings (SSSR count). The predicted octanol–water partition coefficient (Wildman–Crippen LogP) is 3.09. The van der Waals surface area contributed by atoms with Crippen molar-refractivity contribution in [1.82, 2.24) is 0 Å². The van der Waals surface area contributed by atoms with Gasteiger partial charge in [-0.15, -0.1) is 0 Å². The summed E-state index contributed by atoms with van der Waals surface area (Å²) < 4.78 is 25.2. The molecule has 0 radical (unpaired) electrons. The van der Waals surface area contributed by atoms with Crippen LogP contribution in [0.15, 0.2) is 52.3 Å². The van der Waals surface area contributed by atoms with Crippen molar-refractivity contribution in [3.63, 3.8) is 0 Å². The van der Waals surface area contributed by atoms with E-state index in [2.05, 4.69) is 10.6 Å². The number of benzene rings is 2. The zero-order valence-corrected chi connectivity index (χ0v) is 14.5. The number of rotatable bonds is 4. The van der Waals surface area contributed by atoms with Crippen molar-refractivity contribution in [3.05, 3.63) is 47.5 Å². The Kier molecular flexibility index (Phi) is 5.26. The Labute approximate surface area is 144 Å². The molecule has 24 heavy (non-hydrogen) atoms. The normalized spacial score (nSPS) is 11.0. The first kappa shape index (κ1) is 18.0. The fourth-order valence-corrected chi connectivity index (χ4v) is 3.59. The summed E-state index contributed by atoms with van der Waals surface area (Å²) in [6.07, 6.45) is 0. The molecule has 0 fully saturated rings. The Morgan fingerprint density at radius 3 is 1.92 bits per heavy atom. The van der Waals surface area contributed by atoms with Crippen molar-refractivity contribution in [3.8, 4) is 0 Å². The second kappa shape index (κ2) is 7.02. The quantitative estimate of drug-likeness (QED) is 0.869. The molecule has 0 aliphatic heterocycles. The summed E-state index contributed by atoms with van der Waals surface area (Å²) in [6.45, 7) is 2.70. The number of hydrogen-bond acceptors (Lipinski definition) is 4. The van der Waals surface area contributed by atoms with E-state index in [1.54, 1.807) is 0 Å². The highest BCUT2D eigenvalue weighted by Crippen LogP contribution is 2.29. The molecule has 2 amide bonds. The highest BCUT2D eigenvalue weighted by Gasteiger charge is 2.19. The van der Waals surface area contributed by atoms with Crippen LogP contribution >= 0.6 is 11.6 Å². The lowest BCUT2D eigenvalue weighted by atomic mass is 10.3. The molecule has 0 heterocycles. The monoisotopic (exact) mass is 366 g/mol. The van der Waals surface area contributed by atoms with Gasteiger partial charge in [0.15, 0.2) is 0 Å². The number of halogens is 1. The fourth-order valence-electron chi connectivity index (χ4n) is 2.01. The van der Waals surface area contributed by atoms with E-state index in [0.29, 0.717) is 11.4 Å². The molecule has 0 atom stereocenters. The van der Waals surface area contributed by atoms with Gasteiger partial charge >= 0.3 is 0 Å².